The Morgan fingerprint density at radius 1 is 1.25 bits per heavy atom. The number of nitrogens with one attached hydrogen (secondary N) is 1. The van der Waals surface area contributed by atoms with E-state index in [9.17, 15) is 21.6 Å². The van der Waals surface area contributed by atoms with Crippen LogP contribution in [0.15, 0.2) is 23.1 Å². The van der Waals surface area contributed by atoms with E-state index in [1.807, 2.05) is 0 Å². The van der Waals surface area contributed by atoms with Gasteiger partial charge in [-0.15, -0.1) is 0 Å². The summed E-state index contributed by atoms with van der Waals surface area (Å²) in [4.78, 5) is 10.7. The monoisotopic (exact) mass is 321 g/mol. The first kappa shape index (κ1) is 16.6. The molecule has 0 saturated heterocycles. The molecule has 0 fully saturated rings. The van der Waals surface area contributed by atoms with Crippen LogP contribution in [0.5, 0.6) is 0 Å². The summed E-state index contributed by atoms with van der Waals surface area (Å²) in [5.41, 5.74) is 0.223. The van der Waals surface area contributed by atoms with E-state index in [0.29, 0.717) is 5.56 Å². The molecule has 0 spiro atoms. The van der Waals surface area contributed by atoms with E-state index < -0.39 is 25.8 Å². The molecule has 0 aromatic heterocycles. The number of benzene rings is 1. The summed E-state index contributed by atoms with van der Waals surface area (Å²) in [5.74, 6) is -1.57. The molecule has 2 N–H and O–H groups in total. The van der Waals surface area contributed by atoms with E-state index in [1.54, 1.807) is 0 Å². The maximum Gasteiger partial charge on any atom is 0.335 e. The van der Waals surface area contributed by atoms with Crippen LogP contribution < -0.4 is 4.72 Å². The van der Waals surface area contributed by atoms with Gasteiger partial charge in [-0.1, -0.05) is 6.07 Å². The number of aromatic carboxylic acids is 1. The summed E-state index contributed by atoms with van der Waals surface area (Å²) in [6.45, 7) is 1.26. The third-order valence-corrected chi connectivity index (χ3v) is 5.04. The lowest BCUT2D eigenvalue weighted by atomic mass is 10.1. The molecule has 1 aromatic rings. The zero-order valence-corrected chi connectivity index (χ0v) is 12.6. The Bertz CT molecular complexity index is 721. The van der Waals surface area contributed by atoms with Gasteiger partial charge in [-0.05, 0) is 24.6 Å². The standard InChI is InChI=1S/C11H15NO6S2/c1-8-3-4-9(11(13)14)7-10(8)20(17,18)12-5-6-19(2,15)16/h3-4,7,12H,5-6H2,1-2H3,(H,13,14). The Morgan fingerprint density at radius 2 is 1.85 bits per heavy atom. The number of sulfone groups is 1. The van der Waals surface area contributed by atoms with Crippen LogP contribution in [0.25, 0.3) is 0 Å². The number of sulfonamides is 1. The smallest absolute Gasteiger partial charge is 0.335 e. The maximum atomic E-state index is 12.0. The maximum absolute atomic E-state index is 12.0. The lowest BCUT2D eigenvalue weighted by Gasteiger charge is -2.09. The molecule has 1 rings (SSSR count). The van der Waals surface area contributed by atoms with Crippen LogP contribution in [0.2, 0.25) is 0 Å². The van der Waals surface area contributed by atoms with Crippen LogP contribution in [0.4, 0.5) is 0 Å². The van der Waals surface area contributed by atoms with Crippen molar-refractivity contribution in [3.05, 3.63) is 29.3 Å². The lowest BCUT2D eigenvalue weighted by Crippen LogP contribution is -2.29. The van der Waals surface area contributed by atoms with Crippen LogP contribution in [0, 0.1) is 6.92 Å². The average molecular weight is 321 g/mol. The van der Waals surface area contributed by atoms with Crippen molar-refractivity contribution in [2.75, 3.05) is 18.6 Å². The predicted octanol–water partition coefficient (Wildman–Crippen LogP) is 0.0161. The van der Waals surface area contributed by atoms with Gasteiger partial charge in [0.15, 0.2) is 0 Å². The minimum Gasteiger partial charge on any atom is -0.478 e. The molecule has 0 aliphatic rings. The SMILES string of the molecule is Cc1ccc(C(=O)O)cc1S(=O)(=O)NCCS(C)(=O)=O. The van der Waals surface area contributed by atoms with Gasteiger partial charge in [-0.2, -0.15) is 0 Å². The molecule has 0 atom stereocenters. The molecule has 0 unspecified atom stereocenters. The second-order valence-corrected chi connectivity index (χ2v) is 8.31. The van der Waals surface area contributed by atoms with Gasteiger partial charge < -0.3 is 5.11 Å². The van der Waals surface area contributed by atoms with Crippen LogP contribution in [-0.4, -0.2) is 46.5 Å². The molecule has 0 heterocycles. The van der Waals surface area contributed by atoms with Crippen molar-refractivity contribution in [2.24, 2.45) is 0 Å². The van der Waals surface area contributed by atoms with Gasteiger partial charge >= 0.3 is 5.97 Å². The zero-order valence-electron chi connectivity index (χ0n) is 11.0. The fraction of sp³-hybridized carbons (Fsp3) is 0.364. The first-order valence-corrected chi connectivity index (χ1v) is 9.08. The van der Waals surface area contributed by atoms with Crippen LogP contribution in [0.1, 0.15) is 15.9 Å². The van der Waals surface area contributed by atoms with E-state index in [4.69, 9.17) is 5.11 Å². The largest absolute Gasteiger partial charge is 0.478 e. The fourth-order valence-corrected chi connectivity index (χ4v) is 3.36. The number of carboxylic acid groups (broad SMARTS) is 1. The summed E-state index contributed by atoms with van der Waals surface area (Å²) in [5, 5.41) is 8.85. The number of carboxylic acids is 1. The van der Waals surface area contributed by atoms with Gasteiger partial charge in [0.1, 0.15) is 9.84 Å². The highest BCUT2D eigenvalue weighted by atomic mass is 32.2. The Hall–Kier alpha value is -1.45. The van der Waals surface area contributed by atoms with E-state index in [-0.39, 0.29) is 22.8 Å². The van der Waals surface area contributed by atoms with Crippen LogP contribution in [0.3, 0.4) is 0 Å². The third kappa shape index (κ3) is 4.58. The van der Waals surface area contributed by atoms with Crippen molar-refractivity contribution in [3.8, 4) is 0 Å². The minimum atomic E-state index is -3.95. The molecule has 0 bridgehead atoms. The van der Waals surface area contributed by atoms with Crippen LogP contribution >= 0.6 is 0 Å². The Labute approximate surface area is 117 Å². The molecule has 0 aliphatic carbocycles. The van der Waals surface area contributed by atoms with Gasteiger partial charge in [0.2, 0.25) is 10.0 Å². The average Bonchev–Trinajstić information content (AvgIpc) is 2.26. The van der Waals surface area contributed by atoms with Gasteiger partial charge in [0.25, 0.3) is 0 Å². The van der Waals surface area contributed by atoms with Gasteiger partial charge in [-0.3, -0.25) is 0 Å². The molecular formula is C11H15NO6S2. The summed E-state index contributed by atoms with van der Waals surface area (Å²) in [6, 6.07) is 3.72. The van der Waals surface area contributed by atoms with E-state index in [0.717, 1.165) is 12.3 Å². The van der Waals surface area contributed by atoms with Crippen molar-refractivity contribution in [3.63, 3.8) is 0 Å². The molecule has 0 saturated carbocycles. The molecule has 112 valence electrons. The normalized spacial score (nSPS) is 12.3. The molecule has 20 heavy (non-hydrogen) atoms. The second-order valence-electron chi connectivity index (χ2n) is 4.31. The molecule has 1 aromatic carbocycles. The Balaban J connectivity index is 3.03. The van der Waals surface area contributed by atoms with E-state index in [1.165, 1.54) is 19.1 Å². The molecule has 0 amide bonds. The van der Waals surface area contributed by atoms with Crippen molar-refractivity contribution in [1.29, 1.82) is 0 Å². The van der Waals surface area contributed by atoms with Crippen molar-refractivity contribution >= 4 is 25.8 Å². The van der Waals surface area contributed by atoms with Gasteiger partial charge in [-0.25, -0.2) is 26.4 Å². The number of hydrogen-bond acceptors (Lipinski definition) is 5. The van der Waals surface area contributed by atoms with Gasteiger partial charge in [0.05, 0.1) is 16.2 Å². The minimum absolute atomic E-state index is 0.154. The number of hydrogen-bond donors (Lipinski definition) is 2. The van der Waals surface area contributed by atoms with E-state index in [2.05, 4.69) is 4.72 Å². The first-order chi connectivity index (χ1) is 9.03. The molecular weight excluding hydrogens is 306 g/mol. The first-order valence-electron chi connectivity index (χ1n) is 5.54. The molecule has 9 heteroatoms. The summed E-state index contributed by atoms with van der Waals surface area (Å²) >= 11 is 0. The van der Waals surface area contributed by atoms with E-state index >= 15 is 0 Å². The van der Waals surface area contributed by atoms with Crippen molar-refractivity contribution < 1.29 is 26.7 Å². The highest BCUT2D eigenvalue weighted by Gasteiger charge is 2.19. The van der Waals surface area contributed by atoms with Gasteiger partial charge in [0, 0.05) is 12.8 Å². The highest BCUT2D eigenvalue weighted by Crippen LogP contribution is 2.17. The summed E-state index contributed by atoms with van der Waals surface area (Å²) in [6.07, 6.45) is 0.998. The van der Waals surface area contributed by atoms with Crippen molar-refractivity contribution in [1.82, 2.24) is 4.72 Å². The third-order valence-electron chi connectivity index (χ3n) is 2.49. The Morgan fingerprint density at radius 3 is 2.35 bits per heavy atom. The lowest BCUT2D eigenvalue weighted by molar-refractivity contribution is 0.0696. The fourth-order valence-electron chi connectivity index (χ4n) is 1.46. The molecule has 7 nitrogen and oxygen atoms in total. The Kier molecular flexibility index (Phi) is 4.90. The number of aryl methyl sites for hydroxylation is 1. The van der Waals surface area contributed by atoms with Crippen molar-refractivity contribution in [2.45, 2.75) is 11.8 Å². The molecule has 0 aliphatic heterocycles. The summed E-state index contributed by atoms with van der Waals surface area (Å²) in [7, 11) is -7.23. The number of carbonyl (C=O) groups is 1. The zero-order chi connectivity index (χ0) is 15.6. The van der Waals surface area contributed by atoms with Crippen LogP contribution in [-0.2, 0) is 19.9 Å². The predicted molar refractivity (Wildman–Crippen MR) is 73.0 cm³/mol. The molecule has 0 radical (unpaired) electrons. The second kappa shape index (κ2) is 5.90. The summed E-state index contributed by atoms with van der Waals surface area (Å²) < 4.78 is 48.1. The highest BCUT2D eigenvalue weighted by molar-refractivity contribution is 7.91. The topological polar surface area (TPSA) is 118 Å². The quantitative estimate of drug-likeness (QED) is 0.762. The number of rotatable bonds is 6.